The van der Waals surface area contributed by atoms with Gasteiger partial charge in [-0.25, -0.2) is 0 Å². The summed E-state index contributed by atoms with van der Waals surface area (Å²) in [7, 11) is 0. The summed E-state index contributed by atoms with van der Waals surface area (Å²) in [6, 6.07) is 6.33. The Hall–Kier alpha value is -2.14. The number of imide groups is 1. The summed E-state index contributed by atoms with van der Waals surface area (Å²) in [5, 5.41) is 1.47. The molecule has 0 spiro atoms. The van der Waals surface area contributed by atoms with Gasteiger partial charge in [-0.05, 0) is 54.4 Å². The summed E-state index contributed by atoms with van der Waals surface area (Å²) in [4.78, 5) is 37.9. The lowest BCUT2D eigenvalue weighted by molar-refractivity contribution is -0.143. The van der Waals surface area contributed by atoms with Crippen molar-refractivity contribution in [3.05, 3.63) is 47.0 Å². The van der Waals surface area contributed by atoms with Crippen LogP contribution in [-0.4, -0.2) is 22.7 Å². The van der Waals surface area contributed by atoms with E-state index in [1.165, 1.54) is 0 Å². The van der Waals surface area contributed by atoms with Crippen LogP contribution in [0.1, 0.15) is 16.8 Å². The fraction of sp³-hybridized carbons (Fsp3) is 0.389. The third kappa shape index (κ3) is 1.79. The molecule has 2 saturated carbocycles. The number of carbonyl (C=O) groups excluding carboxylic acids is 3. The number of amides is 3. The second kappa shape index (κ2) is 4.70. The first-order valence-electron chi connectivity index (χ1n) is 8.19. The van der Waals surface area contributed by atoms with Crippen LogP contribution in [0.2, 0.25) is 5.02 Å². The molecule has 1 aromatic carbocycles. The van der Waals surface area contributed by atoms with Crippen molar-refractivity contribution < 1.29 is 14.4 Å². The monoisotopic (exact) mass is 342 g/mol. The molecule has 1 heterocycles. The first-order valence-corrected chi connectivity index (χ1v) is 8.57. The van der Waals surface area contributed by atoms with Gasteiger partial charge in [0.2, 0.25) is 0 Å². The molecule has 2 bridgehead atoms. The first-order chi connectivity index (χ1) is 11.6. The van der Waals surface area contributed by atoms with E-state index in [-0.39, 0.29) is 35.5 Å². The number of benzene rings is 1. The quantitative estimate of drug-likeness (QED) is 0.660. The van der Waals surface area contributed by atoms with Crippen LogP contribution < -0.4 is 5.43 Å². The fourth-order valence-corrected chi connectivity index (χ4v) is 4.96. The Morgan fingerprint density at radius 2 is 1.54 bits per heavy atom. The lowest BCUT2D eigenvalue weighted by Crippen LogP contribution is -2.46. The second-order valence-corrected chi connectivity index (χ2v) is 7.55. The summed E-state index contributed by atoms with van der Waals surface area (Å²) >= 11 is 5.82. The van der Waals surface area contributed by atoms with Gasteiger partial charge >= 0.3 is 0 Å². The van der Waals surface area contributed by atoms with Gasteiger partial charge in [0.25, 0.3) is 17.7 Å². The average molecular weight is 343 g/mol. The molecule has 5 aliphatic rings. The number of nitrogens with one attached hydrogen (secondary N) is 1. The van der Waals surface area contributed by atoms with Crippen molar-refractivity contribution in [1.29, 1.82) is 0 Å². The molecule has 1 saturated heterocycles. The summed E-state index contributed by atoms with van der Waals surface area (Å²) in [5.41, 5.74) is 2.85. The highest BCUT2D eigenvalue weighted by Gasteiger charge is 2.67. The van der Waals surface area contributed by atoms with Crippen LogP contribution >= 0.6 is 11.6 Å². The van der Waals surface area contributed by atoms with Crippen LogP contribution in [0.25, 0.3) is 0 Å². The van der Waals surface area contributed by atoms with Crippen molar-refractivity contribution in [2.24, 2.45) is 35.5 Å². The Bertz CT molecular complexity index is 767. The van der Waals surface area contributed by atoms with Crippen molar-refractivity contribution in [1.82, 2.24) is 10.4 Å². The number of hydrogen-bond donors (Lipinski definition) is 1. The molecule has 6 atom stereocenters. The summed E-state index contributed by atoms with van der Waals surface area (Å²) < 4.78 is 0. The van der Waals surface area contributed by atoms with E-state index < -0.39 is 5.91 Å². The molecule has 1 N–H and O–H groups in total. The molecule has 24 heavy (non-hydrogen) atoms. The molecule has 5 nitrogen and oxygen atoms in total. The van der Waals surface area contributed by atoms with Gasteiger partial charge < -0.3 is 0 Å². The standard InChI is InChI=1S/C18H15ClN2O3/c19-9-3-1-8(2-4-9)16(22)20-21-17(23)14-10-5-6-11(13-7-12(10)13)15(14)18(21)24/h1-6,10-15H,7H2,(H,20,22)/t10-,11-,12-,13+,14-,15-/m1/s1. The van der Waals surface area contributed by atoms with Crippen molar-refractivity contribution in [3.63, 3.8) is 0 Å². The van der Waals surface area contributed by atoms with E-state index in [0.29, 0.717) is 22.4 Å². The van der Waals surface area contributed by atoms with Crippen molar-refractivity contribution >= 4 is 29.3 Å². The molecule has 0 aromatic heterocycles. The Morgan fingerprint density at radius 1 is 1.00 bits per heavy atom. The van der Waals surface area contributed by atoms with Gasteiger partial charge in [0.15, 0.2) is 0 Å². The number of halogens is 1. The first kappa shape index (κ1) is 14.2. The van der Waals surface area contributed by atoms with Crippen LogP contribution in [0.3, 0.4) is 0 Å². The summed E-state index contributed by atoms with van der Waals surface area (Å²) in [6.07, 6.45) is 5.33. The van der Waals surface area contributed by atoms with E-state index in [9.17, 15) is 14.4 Å². The molecule has 0 radical (unpaired) electrons. The predicted octanol–water partition coefficient (Wildman–Crippen LogP) is 2.04. The third-order valence-corrected chi connectivity index (χ3v) is 6.23. The predicted molar refractivity (Wildman–Crippen MR) is 85.5 cm³/mol. The molecule has 1 aromatic rings. The van der Waals surface area contributed by atoms with Crippen LogP contribution in [0.4, 0.5) is 0 Å². The topological polar surface area (TPSA) is 66.5 Å². The van der Waals surface area contributed by atoms with E-state index >= 15 is 0 Å². The SMILES string of the molecule is O=C(NN1C(=O)[C@@H]2[C@@H]3C=C[C@H]([C@@H]4C[C@H]34)[C@H]2C1=O)c1ccc(Cl)cc1. The van der Waals surface area contributed by atoms with Gasteiger partial charge in [0, 0.05) is 10.6 Å². The number of allylic oxidation sites excluding steroid dienone is 2. The average Bonchev–Trinajstić information content (AvgIpc) is 3.36. The van der Waals surface area contributed by atoms with Gasteiger partial charge in [-0.1, -0.05) is 23.8 Å². The number of hydrazine groups is 1. The van der Waals surface area contributed by atoms with Crippen molar-refractivity contribution in [2.75, 3.05) is 0 Å². The maximum atomic E-state index is 12.8. The fourth-order valence-electron chi connectivity index (χ4n) is 4.83. The van der Waals surface area contributed by atoms with Crippen LogP contribution in [0.15, 0.2) is 36.4 Å². The zero-order valence-electron chi connectivity index (χ0n) is 12.7. The molecule has 6 rings (SSSR count). The highest BCUT2D eigenvalue weighted by atomic mass is 35.5. The summed E-state index contributed by atoms with van der Waals surface area (Å²) in [6.45, 7) is 0. The van der Waals surface area contributed by atoms with E-state index in [1.807, 2.05) is 0 Å². The highest BCUT2D eigenvalue weighted by molar-refractivity contribution is 6.30. The van der Waals surface area contributed by atoms with Crippen LogP contribution in [-0.2, 0) is 9.59 Å². The van der Waals surface area contributed by atoms with Crippen LogP contribution in [0.5, 0.6) is 0 Å². The Kier molecular flexibility index (Phi) is 2.78. The molecule has 122 valence electrons. The maximum absolute atomic E-state index is 12.8. The zero-order chi connectivity index (χ0) is 16.6. The lowest BCUT2D eigenvalue weighted by Gasteiger charge is -2.37. The highest BCUT2D eigenvalue weighted by Crippen LogP contribution is 2.65. The Labute approximate surface area is 143 Å². The Morgan fingerprint density at radius 3 is 2.08 bits per heavy atom. The van der Waals surface area contributed by atoms with Crippen LogP contribution in [0, 0.1) is 35.5 Å². The zero-order valence-corrected chi connectivity index (χ0v) is 13.4. The largest absolute Gasteiger partial charge is 0.272 e. The van der Waals surface area contributed by atoms with Gasteiger partial charge in [0.05, 0.1) is 11.8 Å². The van der Waals surface area contributed by atoms with E-state index in [1.54, 1.807) is 24.3 Å². The maximum Gasteiger partial charge on any atom is 0.270 e. The third-order valence-electron chi connectivity index (χ3n) is 5.98. The minimum absolute atomic E-state index is 0.152. The van der Waals surface area contributed by atoms with Gasteiger partial charge in [-0.15, -0.1) is 0 Å². The number of rotatable bonds is 2. The second-order valence-electron chi connectivity index (χ2n) is 7.11. The molecule has 0 unspecified atom stereocenters. The minimum atomic E-state index is -0.475. The molecular weight excluding hydrogens is 328 g/mol. The number of carbonyl (C=O) groups is 3. The number of nitrogens with zero attached hydrogens (tertiary/aromatic N) is 1. The Balaban J connectivity index is 1.40. The van der Waals surface area contributed by atoms with Crippen molar-refractivity contribution in [2.45, 2.75) is 6.42 Å². The summed E-state index contributed by atoms with van der Waals surface area (Å²) in [5.74, 6) is -0.220. The van der Waals surface area contributed by atoms with E-state index in [0.717, 1.165) is 11.4 Å². The molecule has 1 aliphatic heterocycles. The lowest BCUT2D eigenvalue weighted by atomic mass is 9.63. The number of hydrogen-bond acceptors (Lipinski definition) is 3. The normalized spacial score (nSPS) is 38.1. The molecule has 4 aliphatic carbocycles. The molecule has 3 fully saturated rings. The van der Waals surface area contributed by atoms with Crippen molar-refractivity contribution in [3.8, 4) is 0 Å². The van der Waals surface area contributed by atoms with E-state index in [2.05, 4.69) is 17.6 Å². The molecule has 3 amide bonds. The smallest absolute Gasteiger partial charge is 0.270 e. The molecular formula is C18H15ClN2O3. The minimum Gasteiger partial charge on any atom is -0.272 e. The van der Waals surface area contributed by atoms with E-state index in [4.69, 9.17) is 11.6 Å². The van der Waals surface area contributed by atoms with Gasteiger partial charge in [0.1, 0.15) is 0 Å². The van der Waals surface area contributed by atoms with Gasteiger partial charge in [-0.3, -0.25) is 19.8 Å². The molecule has 6 heteroatoms. The van der Waals surface area contributed by atoms with Gasteiger partial charge in [-0.2, -0.15) is 5.01 Å².